The molecule has 0 saturated heterocycles. The predicted octanol–water partition coefficient (Wildman–Crippen LogP) is 5.85. The molecule has 0 saturated carbocycles. The molecule has 0 rings (SSSR count). The largest absolute Gasteiger partial charge is 0.481 e. The lowest BCUT2D eigenvalue weighted by Crippen LogP contribution is -2.49. The van der Waals surface area contributed by atoms with Crippen molar-refractivity contribution < 1.29 is 19.8 Å². The molecule has 0 amide bonds. The number of carbonyl (C=O) groups is 2. The lowest BCUT2D eigenvalue weighted by Gasteiger charge is -2.43. The van der Waals surface area contributed by atoms with Gasteiger partial charge in [-0.25, -0.2) is 0 Å². The fourth-order valence-corrected chi connectivity index (χ4v) is 4.29. The van der Waals surface area contributed by atoms with Crippen molar-refractivity contribution in [2.24, 2.45) is 28.6 Å². The first-order chi connectivity index (χ1) is 11.5. The van der Waals surface area contributed by atoms with Crippen LogP contribution in [0.25, 0.3) is 0 Å². The fraction of sp³-hybridized carbons (Fsp3) is 0.905. The highest BCUT2D eigenvalue weighted by Gasteiger charge is 2.53. The molecule has 0 heterocycles. The second kappa shape index (κ2) is 10.2. The van der Waals surface area contributed by atoms with Crippen LogP contribution in [0.3, 0.4) is 0 Å². The number of carboxylic acid groups (broad SMARTS) is 2. The molecule has 0 radical (unpaired) electrons. The molecule has 25 heavy (non-hydrogen) atoms. The highest BCUT2D eigenvalue weighted by molar-refractivity contribution is 5.83. The Bertz CT molecular complexity index is 420. The summed E-state index contributed by atoms with van der Waals surface area (Å²) < 4.78 is 0. The Labute approximate surface area is 154 Å². The average molecular weight is 357 g/mol. The molecule has 0 aromatic rings. The first kappa shape index (κ1) is 23.9. The van der Waals surface area contributed by atoms with Crippen molar-refractivity contribution in [1.29, 1.82) is 0 Å². The zero-order chi connectivity index (χ0) is 19.8. The third-order valence-electron chi connectivity index (χ3n) is 5.78. The van der Waals surface area contributed by atoms with Crippen molar-refractivity contribution in [3.05, 3.63) is 0 Å². The average Bonchev–Trinajstić information content (AvgIpc) is 2.48. The number of hydrogen-bond acceptors (Lipinski definition) is 2. The summed E-state index contributed by atoms with van der Waals surface area (Å²) in [4.78, 5) is 24.7. The molecule has 2 N–H and O–H groups in total. The van der Waals surface area contributed by atoms with Gasteiger partial charge in [-0.05, 0) is 36.5 Å². The zero-order valence-corrected chi connectivity index (χ0v) is 17.4. The Balaban J connectivity index is 6.07. The lowest BCUT2D eigenvalue weighted by molar-refractivity contribution is -0.170. The molecule has 0 aromatic carbocycles. The number of unbranched alkanes of at least 4 members (excludes halogenated alkanes) is 1. The monoisotopic (exact) mass is 356 g/mol. The summed E-state index contributed by atoms with van der Waals surface area (Å²) in [5.74, 6) is -2.66. The van der Waals surface area contributed by atoms with E-state index in [-0.39, 0.29) is 17.3 Å². The molecule has 0 aromatic heterocycles. The molecule has 0 fully saturated rings. The Hall–Kier alpha value is -1.06. The van der Waals surface area contributed by atoms with Gasteiger partial charge in [-0.1, -0.05) is 74.1 Å². The van der Waals surface area contributed by atoms with E-state index in [2.05, 4.69) is 34.6 Å². The highest BCUT2D eigenvalue weighted by Crippen LogP contribution is 2.48. The maximum absolute atomic E-state index is 12.5. The van der Waals surface area contributed by atoms with Crippen LogP contribution in [0.5, 0.6) is 0 Å². The number of hydrogen-bond donors (Lipinski definition) is 2. The van der Waals surface area contributed by atoms with Crippen LogP contribution in [0.2, 0.25) is 0 Å². The SMILES string of the molecule is CCCCC(C(=O)O)(C(C)CC(C)(C)C)C(CC(CC)CC)C(=O)O. The standard InChI is InChI=1S/C21H40O4/c1-8-11-12-21(19(24)25,15(4)14-20(5,6)7)17(18(22)23)13-16(9-2)10-3/h15-17H,8-14H2,1-7H3,(H,22,23)(H,24,25). The van der Waals surface area contributed by atoms with Crippen molar-refractivity contribution in [2.75, 3.05) is 0 Å². The van der Waals surface area contributed by atoms with Crippen molar-refractivity contribution >= 4 is 11.9 Å². The fourth-order valence-electron chi connectivity index (χ4n) is 4.29. The molecule has 3 unspecified atom stereocenters. The van der Waals surface area contributed by atoms with Crippen molar-refractivity contribution in [3.63, 3.8) is 0 Å². The third-order valence-corrected chi connectivity index (χ3v) is 5.78. The van der Waals surface area contributed by atoms with E-state index in [0.29, 0.717) is 19.3 Å². The summed E-state index contributed by atoms with van der Waals surface area (Å²) >= 11 is 0. The van der Waals surface area contributed by atoms with Gasteiger partial charge in [0.05, 0.1) is 11.3 Å². The molecule has 0 aliphatic heterocycles. The van der Waals surface area contributed by atoms with Gasteiger partial charge in [0, 0.05) is 0 Å². The van der Waals surface area contributed by atoms with Crippen molar-refractivity contribution in [1.82, 2.24) is 0 Å². The third kappa shape index (κ3) is 6.63. The maximum atomic E-state index is 12.5. The molecule has 4 nitrogen and oxygen atoms in total. The first-order valence-corrected chi connectivity index (χ1v) is 9.92. The van der Waals surface area contributed by atoms with E-state index in [9.17, 15) is 19.8 Å². The molecular formula is C21H40O4. The van der Waals surface area contributed by atoms with Gasteiger partial charge in [0.25, 0.3) is 0 Å². The van der Waals surface area contributed by atoms with Gasteiger partial charge in [0.1, 0.15) is 0 Å². The number of rotatable bonds is 12. The lowest BCUT2D eigenvalue weighted by atomic mass is 9.59. The summed E-state index contributed by atoms with van der Waals surface area (Å²) in [5, 5.41) is 20.2. The molecular weight excluding hydrogens is 316 g/mol. The Morgan fingerprint density at radius 2 is 1.52 bits per heavy atom. The van der Waals surface area contributed by atoms with Crippen molar-refractivity contribution in [2.45, 2.75) is 93.4 Å². The number of carboxylic acids is 2. The van der Waals surface area contributed by atoms with Crippen LogP contribution in [0.15, 0.2) is 0 Å². The normalized spacial score (nSPS) is 17.1. The topological polar surface area (TPSA) is 74.6 Å². The number of aliphatic carboxylic acids is 2. The highest BCUT2D eigenvalue weighted by atomic mass is 16.4. The van der Waals surface area contributed by atoms with E-state index in [1.165, 1.54) is 0 Å². The minimum Gasteiger partial charge on any atom is -0.481 e. The van der Waals surface area contributed by atoms with Gasteiger partial charge in [-0.15, -0.1) is 0 Å². The van der Waals surface area contributed by atoms with Gasteiger partial charge in [0.15, 0.2) is 0 Å². The van der Waals surface area contributed by atoms with E-state index < -0.39 is 23.3 Å². The second-order valence-corrected chi connectivity index (χ2v) is 8.92. The van der Waals surface area contributed by atoms with Crippen LogP contribution in [0, 0.1) is 28.6 Å². The van der Waals surface area contributed by atoms with Crippen LogP contribution in [-0.4, -0.2) is 22.2 Å². The Morgan fingerprint density at radius 3 is 1.84 bits per heavy atom. The molecule has 0 spiro atoms. The predicted molar refractivity (Wildman–Crippen MR) is 103 cm³/mol. The first-order valence-electron chi connectivity index (χ1n) is 9.92. The smallest absolute Gasteiger partial charge is 0.310 e. The summed E-state index contributed by atoms with van der Waals surface area (Å²) in [6.45, 7) is 14.3. The molecule has 148 valence electrons. The van der Waals surface area contributed by atoms with Gasteiger partial charge in [0.2, 0.25) is 0 Å². The molecule has 3 atom stereocenters. The van der Waals surface area contributed by atoms with Crippen LogP contribution in [0.1, 0.15) is 93.4 Å². The molecule has 0 bridgehead atoms. The van der Waals surface area contributed by atoms with E-state index in [4.69, 9.17) is 0 Å². The van der Waals surface area contributed by atoms with Gasteiger partial charge >= 0.3 is 11.9 Å². The van der Waals surface area contributed by atoms with Gasteiger partial charge in [-0.3, -0.25) is 9.59 Å². The van der Waals surface area contributed by atoms with Gasteiger partial charge in [-0.2, -0.15) is 0 Å². The molecule has 4 heteroatoms. The molecule has 0 aliphatic carbocycles. The second-order valence-electron chi connectivity index (χ2n) is 8.92. The minimum absolute atomic E-state index is 0.0374. The van der Waals surface area contributed by atoms with Crippen LogP contribution in [0.4, 0.5) is 0 Å². The van der Waals surface area contributed by atoms with E-state index in [1.807, 2.05) is 13.8 Å². The Kier molecular flexibility index (Phi) is 9.75. The molecule has 0 aliphatic rings. The van der Waals surface area contributed by atoms with E-state index in [0.717, 1.165) is 25.7 Å². The quantitative estimate of drug-likeness (QED) is 0.460. The minimum atomic E-state index is -1.20. The Morgan fingerprint density at radius 1 is 1.00 bits per heavy atom. The van der Waals surface area contributed by atoms with Gasteiger partial charge < -0.3 is 10.2 Å². The summed E-state index contributed by atoms with van der Waals surface area (Å²) in [6.07, 6.45) is 4.98. The maximum Gasteiger partial charge on any atom is 0.310 e. The summed E-state index contributed by atoms with van der Waals surface area (Å²) in [6, 6.07) is 0. The zero-order valence-electron chi connectivity index (χ0n) is 17.4. The summed E-state index contributed by atoms with van der Waals surface area (Å²) in [5.41, 5.74) is -1.23. The van der Waals surface area contributed by atoms with E-state index in [1.54, 1.807) is 0 Å². The van der Waals surface area contributed by atoms with E-state index >= 15 is 0 Å². The van der Waals surface area contributed by atoms with Crippen LogP contribution in [-0.2, 0) is 9.59 Å². The summed E-state index contributed by atoms with van der Waals surface area (Å²) in [7, 11) is 0. The van der Waals surface area contributed by atoms with Crippen LogP contribution < -0.4 is 0 Å². The van der Waals surface area contributed by atoms with Crippen LogP contribution >= 0.6 is 0 Å². The van der Waals surface area contributed by atoms with Crippen molar-refractivity contribution in [3.8, 4) is 0 Å².